The highest BCUT2D eigenvalue weighted by Crippen LogP contribution is 2.27. The zero-order valence-electron chi connectivity index (χ0n) is 27.1. The number of likely N-dealkylation sites (tertiary alicyclic amines) is 1. The van der Waals surface area contributed by atoms with E-state index in [1.54, 1.807) is 4.90 Å². The second-order valence-electron chi connectivity index (χ2n) is 13.2. The number of carbonyl (C=O) groups is 3. The number of ether oxygens (including phenoxy) is 1. The van der Waals surface area contributed by atoms with E-state index < -0.39 is 12.2 Å². The van der Waals surface area contributed by atoms with Crippen LogP contribution in [-0.4, -0.2) is 115 Å². The van der Waals surface area contributed by atoms with Crippen LogP contribution < -0.4 is 10.6 Å². The van der Waals surface area contributed by atoms with E-state index in [9.17, 15) is 14.4 Å². The maximum atomic E-state index is 14.0. The summed E-state index contributed by atoms with van der Waals surface area (Å²) in [5, 5.41) is 6.50. The molecule has 4 aliphatic rings. The summed E-state index contributed by atoms with van der Waals surface area (Å²) in [6.07, 6.45) is 3.39. The second kappa shape index (κ2) is 14.7. The van der Waals surface area contributed by atoms with E-state index in [-0.39, 0.29) is 18.0 Å². The maximum Gasteiger partial charge on any atom is 0.410 e. The quantitative estimate of drug-likeness (QED) is 0.460. The Morgan fingerprint density at radius 1 is 0.891 bits per heavy atom. The van der Waals surface area contributed by atoms with Crippen molar-refractivity contribution >= 4 is 39.6 Å². The van der Waals surface area contributed by atoms with E-state index in [0.29, 0.717) is 58.0 Å². The van der Waals surface area contributed by atoms with Gasteiger partial charge < -0.3 is 30.1 Å². The standard InChI is InChI=1S/C35H47BrN6O4/c1-24-21-26(22-25(2)32(24)36)23-31(33(43)40-19-17-39(18-20-40)28-7-12-37-13-8-28)46-35(45)41-14-10-29(11-15-41)42-16-9-27-5-3-4-6-30(27)38-34(42)44/h3-6,21-22,28-29,31,37H,7-20,23H2,1-2H3,(H,38,44)/t31-/m1/s1. The van der Waals surface area contributed by atoms with E-state index in [1.807, 2.05) is 41.8 Å². The molecule has 6 rings (SSSR count). The molecule has 46 heavy (non-hydrogen) atoms. The van der Waals surface area contributed by atoms with Crippen LogP contribution in [0.1, 0.15) is 47.9 Å². The van der Waals surface area contributed by atoms with Gasteiger partial charge in [-0.15, -0.1) is 0 Å². The number of aryl methyl sites for hydroxylation is 2. The number of para-hydroxylation sites is 1. The van der Waals surface area contributed by atoms with E-state index in [1.165, 1.54) is 0 Å². The number of rotatable bonds is 6. The fourth-order valence-electron chi connectivity index (χ4n) is 7.52. The van der Waals surface area contributed by atoms with Gasteiger partial charge in [-0.2, -0.15) is 0 Å². The fraction of sp³-hybridized carbons (Fsp3) is 0.571. The van der Waals surface area contributed by atoms with Crippen LogP contribution in [0.15, 0.2) is 40.9 Å². The lowest BCUT2D eigenvalue weighted by atomic mass is 10.0. The van der Waals surface area contributed by atoms with Crippen LogP contribution >= 0.6 is 15.9 Å². The molecule has 4 amide bonds. The lowest BCUT2D eigenvalue weighted by Gasteiger charge is -2.41. The van der Waals surface area contributed by atoms with Gasteiger partial charge in [-0.25, -0.2) is 9.59 Å². The molecule has 3 saturated heterocycles. The highest BCUT2D eigenvalue weighted by molar-refractivity contribution is 9.10. The smallest absolute Gasteiger partial charge is 0.410 e. The number of hydrogen-bond acceptors (Lipinski definition) is 6. The van der Waals surface area contributed by atoms with Crippen molar-refractivity contribution in [2.75, 3.05) is 64.2 Å². The zero-order chi connectivity index (χ0) is 32.2. The number of amides is 4. The number of urea groups is 1. The van der Waals surface area contributed by atoms with Gasteiger partial charge in [0, 0.05) is 74.5 Å². The molecule has 11 heteroatoms. The molecule has 0 unspecified atom stereocenters. The minimum atomic E-state index is -0.898. The minimum Gasteiger partial charge on any atom is -0.436 e. The van der Waals surface area contributed by atoms with Crippen molar-refractivity contribution in [3.63, 3.8) is 0 Å². The van der Waals surface area contributed by atoms with Crippen molar-refractivity contribution in [2.24, 2.45) is 0 Å². The van der Waals surface area contributed by atoms with Crippen LogP contribution in [0.4, 0.5) is 15.3 Å². The first-order chi connectivity index (χ1) is 22.3. The summed E-state index contributed by atoms with van der Waals surface area (Å²) < 4.78 is 7.15. The van der Waals surface area contributed by atoms with Gasteiger partial charge in [-0.1, -0.05) is 46.3 Å². The molecule has 4 heterocycles. The number of benzene rings is 2. The van der Waals surface area contributed by atoms with Crippen LogP contribution in [0.25, 0.3) is 0 Å². The van der Waals surface area contributed by atoms with Gasteiger partial charge in [0.1, 0.15) is 0 Å². The summed E-state index contributed by atoms with van der Waals surface area (Å²) in [5.41, 5.74) is 5.16. The van der Waals surface area contributed by atoms with Crippen LogP contribution in [0.5, 0.6) is 0 Å². The Morgan fingerprint density at radius 2 is 1.57 bits per heavy atom. The average Bonchev–Trinajstić information content (AvgIpc) is 3.25. The molecule has 0 radical (unpaired) electrons. The SMILES string of the molecule is Cc1cc(C[C@@H](OC(=O)N2CCC(N3CCc4ccccc4NC3=O)CC2)C(=O)N2CCN(C3CCNCC3)CC2)cc(C)c1Br. The normalized spacial score (nSPS) is 20.9. The van der Waals surface area contributed by atoms with Crippen molar-refractivity contribution in [1.29, 1.82) is 0 Å². The van der Waals surface area contributed by atoms with Crippen molar-refractivity contribution in [1.82, 2.24) is 24.9 Å². The molecule has 2 aromatic carbocycles. The monoisotopic (exact) mass is 694 g/mol. The molecule has 1 atom stereocenters. The van der Waals surface area contributed by atoms with E-state index >= 15 is 0 Å². The third-order valence-electron chi connectivity index (χ3n) is 10.2. The predicted molar refractivity (Wildman–Crippen MR) is 182 cm³/mol. The summed E-state index contributed by atoms with van der Waals surface area (Å²) in [7, 11) is 0. The lowest BCUT2D eigenvalue weighted by Crippen LogP contribution is -2.56. The number of halogens is 1. The summed E-state index contributed by atoms with van der Waals surface area (Å²) >= 11 is 3.65. The van der Waals surface area contributed by atoms with E-state index in [4.69, 9.17) is 4.74 Å². The van der Waals surface area contributed by atoms with Gasteiger partial charge in [0.25, 0.3) is 5.91 Å². The molecule has 0 saturated carbocycles. The van der Waals surface area contributed by atoms with Gasteiger partial charge in [0.15, 0.2) is 6.10 Å². The zero-order valence-corrected chi connectivity index (χ0v) is 28.7. The second-order valence-corrected chi connectivity index (χ2v) is 14.0. The Hall–Kier alpha value is -3.15. The van der Waals surface area contributed by atoms with E-state index in [2.05, 4.69) is 49.7 Å². The molecule has 4 aliphatic heterocycles. The van der Waals surface area contributed by atoms with Crippen molar-refractivity contribution in [2.45, 2.75) is 70.6 Å². The van der Waals surface area contributed by atoms with Crippen molar-refractivity contribution < 1.29 is 19.1 Å². The molecule has 248 valence electrons. The number of carbonyl (C=O) groups excluding carboxylic acids is 3. The van der Waals surface area contributed by atoms with Crippen LogP contribution in [0.2, 0.25) is 0 Å². The van der Waals surface area contributed by atoms with Gasteiger partial charge in [0.2, 0.25) is 0 Å². The lowest BCUT2D eigenvalue weighted by molar-refractivity contribution is -0.143. The van der Waals surface area contributed by atoms with Gasteiger partial charge in [0.05, 0.1) is 0 Å². The number of hydrogen-bond donors (Lipinski definition) is 2. The molecule has 2 aromatic rings. The summed E-state index contributed by atoms with van der Waals surface area (Å²) in [5.74, 6) is -0.118. The number of anilines is 1. The highest BCUT2D eigenvalue weighted by atomic mass is 79.9. The minimum absolute atomic E-state index is 0.0424. The molecule has 10 nitrogen and oxygen atoms in total. The third-order valence-corrected chi connectivity index (χ3v) is 11.4. The summed E-state index contributed by atoms with van der Waals surface area (Å²) in [6.45, 7) is 10.7. The molecule has 0 aromatic heterocycles. The molecule has 0 spiro atoms. The number of piperidine rings is 2. The average molecular weight is 696 g/mol. The Balaban J connectivity index is 1.09. The Kier molecular flexibility index (Phi) is 10.5. The third kappa shape index (κ3) is 7.52. The number of piperazine rings is 1. The number of nitrogens with zero attached hydrogens (tertiary/aromatic N) is 4. The maximum absolute atomic E-state index is 14.0. The number of nitrogens with one attached hydrogen (secondary N) is 2. The highest BCUT2D eigenvalue weighted by Gasteiger charge is 2.36. The topological polar surface area (TPSA) is 97.5 Å². The van der Waals surface area contributed by atoms with Crippen molar-refractivity contribution in [3.05, 3.63) is 63.1 Å². The molecule has 0 aliphatic carbocycles. The van der Waals surface area contributed by atoms with Crippen LogP contribution in [0.3, 0.4) is 0 Å². The molecular weight excluding hydrogens is 648 g/mol. The Morgan fingerprint density at radius 3 is 2.26 bits per heavy atom. The molecule has 3 fully saturated rings. The summed E-state index contributed by atoms with van der Waals surface area (Å²) in [4.78, 5) is 48.7. The Labute approximate surface area is 280 Å². The van der Waals surface area contributed by atoms with Gasteiger partial charge >= 0.3 is 12.1 Å². The predicted octanol–water partition coefficient (Wildman–Crippen LogP) is 4.56. The first-order valence-corrected chi connectivity index (χ1v) is 17.7. The molecular formula is C35H47BrN6O4. The number of fused-ring (bicyclic) bond motifs is 1. The van der Waals surface area contributed by atoms with E-state index in [0.717, 1.165) is 77.9 Å². The first-order valence-electron chi connectivity index (χ1n) is 16.9. The summed E-state index contributed by atoms with van der Waals surface area (Å²) in [6, 6.07) is 12.6. The van der Waals surface area contributed by atoms with Crippen LogP contribution in [0, 0.1) is 13.8 Å². The molecule has 2 N–H and O–H groups in total. The van der Waals surface area contributed by atoms with Gasteiger partial charge in [-0.05, 0) is 87.4 Å². The fourth-order valence-corrected chi connectivity index (χ4v) is 7.75. The largest absolute Gasteiger partial charge is 0.436 e. The van der Waals surface area contributed by atoms with Gasteiger partial charge in [-0.3, -0.25) is 9.69 Å². The van der Waals surface area contributed by atoms with Crippen molar-refractivity contribution in [3.8, 4) is 0 Å². The van der Waals surface area contributed by atoms with Crippen LogP contribution in [-0.2, 0) is 22.4 Å². The first kappa shape index (κ1) is 32.8. The molecule has 0 bridgehead atoms. The Bertz CT molecular complexity index is 1390.